The molecule has 45 heavy (non-hydrogen) atoms. The van der Waals surface area contributed by atoms with Crippen molar-refractivity contribution in [2.24, 2.45) is 0 Å². The Morgan fingerprint density at radius 2 is 1.60 bits per heavy atom. The van der Waals surface area contributed by atoms with Crippen LogP contribution in [0.3, 0.4) is 0 Å². The molecule has 0 amide bonds. The zero-order valence-electron chi connectivity index (χ0n) is 24.5. The molecule has 10 nitrogen and oxygen atoms in total. The Bertz CT molecular complexity index is 1980. The van der Waals surface area contributed by atoms with Gasteiger partial charge in [0, 0.05) is 55.0 Å². The molecule has 2 aliphatic heterocycles. The summed E-state index contributed by atoms with van der Waals surface area (Å²) < 4.78 is 46.7. The van der Waals surface area contributed by atoms with Crippen molar-refractivity contribution in [1.29, 1.82) is 5.26 Å². The molecule has 3 aromatic heterocycles. The van der Waals surface area contributed by atoms with E-state index in [1.165, 1.54) is 3.97 Å². The molecular weight excluding hydrogens is 590 g/mol. The van der Waals surface area contributed by atoms with Crippen LogP contribution in [0.2, 0.25) is 0 Å². The molecule has 228 valence electrons. The number of pyridine rings is 2. The van der Waals surface area contributed by atoms with E-state index in [4.69, 9.17) is 14.2 Å². The lowest BCUT2D eigenvalue weighted by Crippen LogP contribution is -2.36. The average Bonchev–Trinajstić information content (AvgIpc) is 3.51. The summed E-state index contributed by atoms with van der Waals surface area (Å²) in [5.74, 6) is 0.281. The number of aromatic nitrogens is 3. The molecule has 0 radical (unpaired) electrons. The lowest BCUT2D eigenvalue weighted by molar-refractivity contribution is 0.0236. The van der Waals surface area contributed by atoms with Gasteiger partial charge in [0.25, 0.3) is 10.0 Å². The van der Waals surface area contributed by atoms with Crippen LogP contribution in [0, 0.1) is 11.3 Å². The van der Waals surface area contributed by atoms with Crippen molar-refractivity contribution in [3.05, 3.63) is 90.8 Å². The van der Waals surface area contributed by atoms with Crippen molar-refractivity contribution in [1.82, 2.24) is 13.9 Å². The summed E-state index contributed by atoms with van der Waals surface area (Å²) in [5, 5.41) is 10.6. The topological polar surface area (TPSA) is 120 Å². The number of ether oxygens (including phenoxy) is 3. The Balaban J connectivity index is 1.35. The van der Waals surface area contributed by atoms with Crippen LogP contribution in [-0.2, 0) is 19.5 Å². The lowest BCUT2D eigenvalue weighted by atomic mass is 10.0. The van der Waals surface area contributed by atoms with Crippen LogP contribution in [0.15, 0.2) is 90.1 Å². The molecular formula is C34H31N5O5S. The highest BCUT2D eigenvalue weighted by Crippen LogP contribution is 2.37. The number of benzene rings is 2. The van der Waals surface area contributed by atoms with Gasteiger partial charge in [0.2, 0.25) is 5.88 Å². The maximum Gasteiger partial charge on any atom is 0.269 e. The number of fused-ring (bicyclic) bond motifs is 1. The third-order valence-electron chi connectivity index (χ3n) is 8.21. The Labute approximate surface area is 261 Å². The van der Waals surface area contributed by atoms with E-state index in [1.54, 1.807) is 48.8 Å². The molecule has 0 saturated carbocycles. The second kappa shape index (κ2) is 12.3. The summed E-state index contributed by atoms with van der Waals surface area (Å²) in [4.78, 5) is 11.5. The molecule has 11 heteroatoms. The Morgan fingerprint density at radius 3 is 2.33 bits per heavy atom. The smallest absolute Gasteiger partial charge is 0.269 e. The van der Waals surface area contributed by atoms with Crippen LogP contribution in [0.1, 0.15) is 18.4 Å². The van der Waals surface area contributed by atoms with Crippen LogP contribution >= 0.6 is 0 Å². The fourth-order valence-electron chi connectivity index (χ4n) is 5.86. The highest BCUT2D eigenvalue weighted by molar-refractivity contribution is 7.90. The molecule has 0 bridgehead atoms. The molecule has 0 aliphatic carbocycles. The monoisotopic (exact) mass is 621 g/mol. The summed E-state index contributed by atoms with van der Waals surface area (Å²) in [5.41, 5.74) is 4.20. The summed E-state index contributed by atoms with van der Waals surface area (Å²) in [6.07, 6.45) is 4.65. The third kappa shape index (κ3) is 5.64. The molecule has 7 rings (SSSR count). The molecule has 0 atom stereocenters. The van der Waals surface area contributed by atoms with Crippen molar-refractivity contribution in [3.63, 3.8) is 0 Å². The average molecular weight is 622 g/mol. The summed E-state index contributed by atoms with van der Waals surface area (Å²) in [6, 6.07) is 23.8. The predicted molar refractivity (Wildman–Crippen MR) is 170 cm³/mol. The predicted octanol–water partition coefficient (Wildman–Crippen LogP) is 5.27. The maximum atomic E-state index is 14.2. The minimum Gasteiger partial charge on any atom is -0.473 e. The fraction of sp³-hybridized carbons (Fsp3) is 0.265. The van der Waals surface area contributed by atoms with Crippen molar-refractivity contribution in [2.45, 2.75) is 23.8 Å². The van der Waals surface area contributed by atoms with Gasteiger partial charge in [-0.2, -0.15) is 5.26 Å². The third-order valence-corrected chi connectivity index (χ3v) is 9.93. The number of nitrogens with zero attached hydrogens (tertiary/aromatic N) is 5. The first-order valence-corrected chi connectivity index (χ1v) is 16.4. The normalized spacial score (nSPS) is 16.0. The van der Waals surface area contributed by atoms with Crippen LogP contribution < -0.4 is 9.64 Å². The molecule has 2 aromatic carbocycles. The van der Waals surface area contributed by atoms with Gasteiger partial charge < -0.3 is 19.1 Å². The minimum atomic E-state index is -4.04. The molecule has 0 spiro atoms. The number of anilines is 1. The Hall–Kier alpha value is -4.76. The zero-order valence-corrected chi connectivity index (χ0v) is 25.3. The van der Waals surface area contributed by atoms with E-state index >= 15 is 0 Å². The maximum absolute atomic E-state index is 14.2. The first kappa shape index (κ1) is 29.0. The van der Waals surface area contributed by atoms with E-state index < -0.39 is 10.0 Å². The minimum absolute atomic E-state index is 0.0637. The zero-order chi connectivity index (χ0) is 30.8. The Morgan fingerprint density at radius 1 is 0.867 bits per heavy atom. The van der Waals surface area contributed by atoms with Gasteiger partial charge in [-0.15, -0.1) is 0 Å². The van der Waals surface area contributed by atoms with Gasteiger partial charge >= 0.3 is 0 Å². The van der Waals surface area contributed by atoms with Gasteiger partial charge in [0.1, 0.15) is 17.7 Å². The van der Waals surface area contributed by atoms with E-state index in [0.29, 0.717) is 54.2 Å². The van der Waals surface area contributed by atoms with Gasteiger partial charge in [-0.05, 0) is 53.6 Å². The lowest BCUT2D eigenvalue weighted by Gasteiger charge is -2.28. The molecule has 0 unspecified atom stereocenters. The highest BCUT2D eigenvalue weighted by atomic mass is 32.2. The van der Waals surface area contributed by atoms with Crippen molar-refractivity contribution in [3.8, 4) is 34.3 Å². The van der Waals surface area contributed by atoms with Crippen LogP contribution in [0.4, 0.5) is 5.69 Å². The van der Waals surface area contributed by atoms with Crippen molar-refractivity contribution < 1.29 is 22.6 Å². The standard InChI is InChI=1S/C34H31N5O5S/c35-22-25-20-26(23-37-34(25)44-28-11-16-42-17-12-28)30-10-13-36-33-31(30)21-32(39(33)45(40,41)29-4-2-1-3-5-29)24-6-8-27(9-7-24)38-14-18-43-19-15-38/h1-10,13,20-21,23,28H,11-12,14-19H2. The number of hydrogen-bond donors (Lipinski definition) is 0. The van der Waals surface area contributed by atoms with E-state index in [1.807, 2.05) is 36.4 Å². The van der Waals surface area contributed by atoms with Crippen molar-refractivity contribution >= 4 is 26.7 Å². The van der Waals surface area contributed by atoms with Gasteiger partial charge in [-0.25, -0.2) is 22.4 Å². The number of hydrogen-bond acceptors (Lipinski definition) is 9. The summed E-state index contributed by atoms with van der Waals surface area (Å²) in [6.45, 7) is 4.16. The number of nitriles is 1. The first-order chi connectivity index (χ1) is 22.0. The van der Waals surface area contributed by atoms with Gasteiger partial charge in [-0.1, -0.05) is 30.3 Å². The second-order valence-electron chi connectivity index (χ2n) is 11.0. The molecule has 2 fully saturated rings. The highest BCUT2D eigenvalue weighted by Gasteiger charge is 2.27. The van der Waals surface area contributed by atoms with Crippen LogP contribution in [0.5, 0.6) is 5.88 Å². The molecule has 0 N–H and O–H groups in total. The summed E-state index contributed by atoms with van der Waals surface area (Å²) >= 11 is 0. The molecule has 5 heterocycles. The Kier molecular flexibility index (Phi) is 7.94. The van der Waals surface area contributed by atoms with E-state index in [-0.39, 0.29) is 22.5 Å². The SMILES string of the molecule is N#Cc1cc(-c2ccnc3c2cc(-c2ccc(N4CCOCC4)cc2)n3S(=O)(=O)c2ccccc2)cnc1OC1CCOCC1. The van der Waals surface area contributed by atoms with E-state index in [0.717, 1.165) is 37.2 Å². The van der Waals surface area contributed by atoms with Crippen LogP contribution in [-0.4, -0.2) is 68.0 Å². The fourth-order valence-corrected chi connectivity index (χ4v) is 7.36. The van der Waals surface area contributed by atoms with Gasteiger partial charge in [-0.3, -0.25) is 0 Å². The summed E-state index contributed by atoms with van der Waals surface area (Å²) in [7, 11) is -4.04. The number of rotatable bonds is 7. The first-order valence-electron chi connectivity index (χ1n) is 14.9. The van der Waals surface area contributed by atoms with E-state index in [2.05, 4.69) is 20.9 Å². The quantitative estimate of drug-likeness (QED) is 0.239. The molecule has 2 aliphatic rings. The van der Waals surface area contributed by atoms with Crippen LogP contribution in [0.25, 0.3) is 33.4 Å². The van der Waals surface area contributed by atoms with Gasteiger partial charge in [0.15, 0.2) is 5.65 Å². The van der Waals surface area contributed by atoms with E-state index in [9.17, 15) is 13.7 Å². The second-order valence-corrected chi connectivity index (χ2v) is 12.8. The van der Waals surface area contributed by atoms with Gasteiger partial charge in [0.05, 0.1) is 37.0 Å². The van der Waals surface area contributed by atoms with Crippen molar-refractivity contribution in [2.75, 3.05) is 44.4 Å². The number of morpholine rings is 1. The molecule has 2 saturated heterocycles. The molecule has 5 aromatic rings. The largest absolute Gasteiger partial charge is 0.473 e.